The van der Waals surface area contributed by atoms with Crippen LogP contribution in [0, 0.1) is 0 Å². The first kappa shape index (κ1) is 30.2. The number of phosphoric acid groups is 2. The first-order valence-corrected chi connectivity index (χ1v) is 13.4. The largest absolute Gasteiger partial charge is 0.483 e. The minimum atomic E-state index is -5.61. The molecule has 2 fully saturated rings. The van der Waals surface area contributed by atoms with E-state index in [1.54, 1.807) is 0 Å². The Hall–Kier alpha value is -1.38. The van der Waals surface area contributed by atoms with Crippen LogP contribution < -0.4 is 11.2 Å². The monoisotopic (exact) mass is 580 g/mol. The third-order valence-electron chi connectivity index (χ3n) is 5.39. The Morgan fingerprint density at radius 3 is 2.24 bits per heavy atom. The zero-order valence-electron chi connectivity index (χ0n) is 18.7. The topological polar surface area (TPSA) is 297 Å². The fourth-order valence-electron chi connectivity index (χ4n) is 3.56. The molecule has 21 heteroatoms. The molecule has 0 radical (unpaired) electrons. The van der Waals surface area contributed by atoms with Gasteiger partial charge in [0.2, 0.25) is 0 Å². The highest BCUT2D eigenvalue weighted by Gasteiger charge is 2.50. The van der Waals surface area contributed by atoms with E-state index in [2.05, 4.69) is 13.4 Å². The van der Waals surface area contributed by atoms with Crippen molar-refractivity contribution in [3.63, 3.8) is 0 Å². The molecule has 0 aliphatic carbocycles. The van der Waals surface area contributed by atoms with Crippen molar-refractivity contribution in [1.82, 2.24) is 9.55 Å². The van der Waals surface area contributed by atoms with Crippen molar-refractivity contribution in [3.8, 4) is 0 Å². The summed E-state index contributed by atoms with van der Waals surface area (Å²) in [6, 6.07) is 0.929. The van der Waals surface area contributed by atoms with E-state index in [9.17, 15) is 59.1 Å². The lowest BCUT2D eigenvalue weighted by Crippen LogP contribution is -2.60. The predicted molar refractivity (Wildman–Crippen MR) is 113 cm³/mol. The SMILES string of the molecule is C[C@@H](O)[C@H]1O[C@H](OP(=O)(O)OP(=O)(O)OC[C@H]2O[C@@H](n3ccc(=O)[nH]c3=O)[C@H](O)[C@@H]2O)[C@H](O)[C@@H](O)[C@@H]1O. The zero-order valence-corrected chi connectivity index (χ0v) is 20.5. The van der Waals surface area contributed by atoms with E-state index in [-0.39, 0.29) is 0 Å². The van der Waals surface area contributed by atoms with Gasteiger partial charge in [0, 0.05) is 12.3 Å². The predicted octanol–water partition coefficient (Wildman–Crippen LogP) is -4.41. The Bertz CT molecular complexity index is 1160. The molecule has 0 amide bonds. The number of H-pyrrole nitrogens is 1. The molecule has 1 aromatic heterocycles. The molecule has 37 heavy (non-hydrogen) atoms. The maximum absolute atomic E-state index is 12.2. The van der Waals surface area contributed by atoms with E-state index in [1.165, 1.54) is 0 Å². The van der Waals surface area contributed by atoms with Crippen LogP contribution >= 0.6 is 15.6 Å². The first-order chi connectivity index (χ1) is 17.0. The summed E-state index contributed by atoms with van der Waals surface area (Å²) in [6.45, 7) is 0.104. The number of nitrogens with one attached hydrogen (secondary N) is 1. The molecule has 2 aliphatic rings. The van der Waals surface area contributed by atoms with Gasteiger partial charge in [-0.1, -0.05) is 0 Å². The molecule has 2 saturated heterocycles. The standard InChI is InChI=1S/C16H26N2O17P2/c1-5(19)13-10(23)9(22)12(25)15(33-13)34-37(29,30)35-36(27,28)31-4-6-8(21)11(24)14(32-6)18-3-2-7(20)17-16(18)26/h2-3,5-6,8-15,19,21-25H,4H2,1H3,(H,27,28)(H,29,30)(H,17,20,26)/t5-,6-,8-,9+,10+,11-,12-,13-,14-,15-/m1/s1. The molecule has 0 spiro atoms. The fraction of sp³-hybridized carbons (Fsp3) is 0.750. The van der Waals surface area contributed by atoms with Crippen LogP contribution in [0.4, 0.5) is 0 Å². The van der Waals surface area contributed by atoms with Crippen LogP contribution in [0.1, 0.15) is 13.2 Å². The van der Waals surface area contributed by atoms with E-state index in [4.69, 9.17) is 9.47 Å². The zero-order chi connectivity index (χ0) is 27.9. The highest BCUT2D eigenvalue weighted by atomic mass is 31.3. The summed E-state index contributed by atoms with van der Waals surface area (Å²) < 4.78 is 48.4. The normalized spacial score (nSPS) is 38.6. The lowest BCUT2D eigenvalue weighted by atomic mass is 9.96. The molecule has 0 aromatic carbocycles. The molecule has 3 rings (SSSR count). The van der Waals surface area contributed by atoms with Gasteiger partial charge in [-0.2, -0.15) is 4.31 Å². The van der Waals surface area contributed by atoms with Gasteiger partial charge in [0.1, 0.15) is 42.7 Å². The van der Waals surface area contributed by atoms with E-state index >= 15 is 0 Å². The smallest absolute Gasteiger partial charge is 0.391 e. The maximum atomic E-state index is 12.2. The van der Waals surface area contributed by atoms with Crippen molar-refractivity contribution in [3.05, 3.63) is 33.1 Å². The van der Waals surface area contributed by atoms with Crippen molar-refractivity contribution in [2.75, 3.05) is 6.61 Å². The van der Waals surface area contributed by atoms with Crippen molar-refractivity contribution in [1.29, 1.82) is 0 Å². The minimum absolute atomic E-state index is 0.724. The Morgan fingerprint density at radius 1 is 1.00 bits per heavy atom. The number of hydrogen-bond donors (Lipinski definition) is 9. The molecule has 12 atom stereocenters. The molecule has 9 N–H and O–H groups in total. The van der Waals surface area contributed by atoms with Crippen LogP contribution in [-0.4, -0.2) is 112 Å². The maximum Gasteiger partial charge on any atom is 0.483 e. The number of hydrogen-bond acceptors (Lipinski definition) is 15. The minimum Gasteiger partial charge on any atom is -0.391 e. The van der Waals surface area contributed by atoms with Crippen molar-refractivity contribution in [2.45, 2.75) is 68.3 Å². The van der Waals surface area contributed by atoms with Crippen molar-refractivity contribution >= 4 is 15.6 Å². The van der Waals surface area contributed by atoms with Crippen LogP contribution in [0.15, 0.2) is 21.9 Å². The van der Waals surface area contributed by atoms with Gasteiger partial charge in [-0.25, -0.2) is 13.9 Å². The third-order valence-corrected chi connectivity index (χ3v) is 7.99. The number of ether oxygens (including phenoxy) is 2. The highest BCUT2D eigenvalue weighted by Crippen LogP contribution is 2.61. The summed E-state index contributed by atoms with van der Waals surface area (Å²) in [4.78, 5) is 44.6. The van der Waals surface area contributed by atoms with E-state index in [0.717, 1.165) is 23.8 Å². The molecule has 1 aromatic rings. The van der Waals surface area contributed by atoms with Gasteiger partial charge in [-0.15, -0.1) is 0 Å². The molecule has 2 aliphatic heterocycles. The number of phosphoric ester groups is 2. The molecular weight excluding hydrogens is 554 g/mol. The average molecular weight is 580 g/mol. The summed E-state index contributed by atoms with van der Waals surface area (Å²) in [5, 5.41) is 59.5. The average Bonchev–Trinajstić information content (AvgIpc) is 3.05. The number of aromatic nitrogens is 2. The molecule has 3 heterocycles. The Kier molecular flexibility index (Phi) is 9.28. The van der Waals surface area contributed by atoms with Gasteiger partial charge >= 0.3 is 21.3 Å². The molecule has 0 saturated carbocycles. The summed E-state index contributed by atoms with van der Waals surface area (Å²) in [5.74, 6) is 0. The summed E-state index contributed by atoms with van der Waals surface area (Å²) in [7, 11) is -11.1. The highest BCUT2D eigenvalue weighted by molar-refractivity contribution is 7.61. The Labute approximate surface area is 206 Å². The van der Waals surface area contributed by atoms with Crippen molar-refractivity contribution in [2.24, 2.45) is 0 Å². The second kappa shape index (κ2) is 11.4. The molecule has 19 nitrogen and oxygen atoms in total. The second-order valence-electron chi connectivity index (χ2n) is 8.17. The van der Waals surface area contributed by atoms with E-state index < -0.39 is 94.9 Å². The number of nitrogens with zero attached hydrogens (tertiary/aromatic N) is 1. The third kappa shape index (κ3) is 6.99. The summed E-state index contributed by atoms with van der Waals surface area (Å²) in [6.07, 6.45) is -16.9. The quantitative estimate of drug-likeness (QED) is 0.125. The van der Waals surface area contributed by atoms with Gasteiger partial charge < -0.3 is 49.9 Å². The number of aliphatic hydroxyl groups is 6. The molecule has 212 valence electrons. The fourth-order valence-corrected chi connectivity index (χ4v) is 5.71. The van der Waals surface area contributed by atoms with Crippen LogP contribution in [0.25, 0.3) is 0 Å². The summed E-state index contributed by atoms with van der Waals surface area (Å²) >= 11 is 0. The van der Waals surface area contributed by atoms with E-state index in [0.29, 0.717) is 0 Å². The lowest BCUT2D eigenvalue weighted by molar-refractivity contribution is -0.289. The van der Waals surface area contributed by atoms with Crippen LogP contribution in [0.2, 0.25) is 0 Å². The molecule has 2 unspecified atom stereocenters. The number of aliphatic hydroxyl groups excluding tert-OH is 6. The van der Waals surface area contributed by atoms with Crippen LogP contribution in [0.5, 0.6) is 0 Å². The van der Waals surface area contributed by atoms with Crippen molar-refractivity contribution < 1.29 is 72.4 Å². The van der Waals surface area contributed by atoms with Crippen LogP contribution in [0.3, 0.4) is 0 Å². The van der Waals surface area contributed by atoms with Gasteiger partial charge in [-0.05, 0) is 6.92 Å². The Morgan fingerprint density at radius 2 is 1.65 bits per heavy atom. The lowest BCUT2D eigenvalue weighted by Gasteiger charge is -2.41. The van der Waals surface area contributed by atoms with Gasteiger partial charge in [0.05, 0.1) is 12.7 Å². The molecular formula is C16H26N2O17P2. The number of rotatable bonds is 9. The van der Waals surface area contributed by atoms with E-state index in [1.807, 2.05) is 4.98 Å². The molecule has 0 bridgehead atoms. The second-order valence-corrected chi connectivity index (χ2v) is 11.2. The first-order valence-electron chi connectivity index (χ1n) is 10.4. The van der Waals surface area contributed by atoms with Crippen LogP contribution in [-0.2, 0) is 32.0 Å². The van der Waals surface area contributed by atoms with Gasteiger partial charge in [-0.3, -0.25) is 23.4 Å². The summed E-state index contributed by atoms with van der Waals surface area (Å²) in [5.41, 5.74) is -1.75. The Balaban J connectivity index is 1.62. The number of aromatic amines is 1. The van der Waals surface area contributed by atoms with Gasteiger partial charge in [0.25, 0.3) is 5.56 Å². The van der Waals surface area contributed by atoms with Gasteiger partial charge in [0.15, 0.2) is 12.5 Å².